The van der Waals surface area contributed by atoms with Gasteiger partial charge in [0.2, 0.25) is 0 Å². The summed E-state index contributed by atoms with van der Waals surface area (Å²) >= 11 is 0. The summed E-state index contributed by atoms with van der Waals surface area (Å²) in [5.41, 5.74) is 3.45. The van der Waals surface area contributed by atoms with Crippen molar-refractivity contribution < 1.29 is 13.2 Å². The molecule has 0 aromatic rings. The minimum atomic E-state index is -4.24. The van der Waals surface area contributed by atoms with Crippen LogP contribution in [-0.4, -0.2) is 30.0 Å². The first-order valence-electron chi connectivity index (χ1n) is 5.57. The Bertz CT molecular complexity index is 351. The van der Waals surface area contributed by atoms with Crippen LogP contribution in [-0.2, 0) is 0 Å². The summed E-state index contributed by atoms with van der Waals surface area (Å²) in [6, 6.07) is 0. The minimum Gasteiger partial charge on any atom is -0.327 e. The molecule has 5 heteroatoms. The number of aliphatic imine (C=N–C) groups is 1. The molecule has 0 unspecified atom stereocenters. The van der Waals surface area contributed by atoms with Gasteiger partial charge in [-0.25, -0.2) is 0 Å². The Balaban J connectivity index is 2.84. The molecule has 0 aromatic heterocycles. The van der Waals surface area contributed by atoms with E-state index in [4.69, 9.17) is 0 Å². The van der Waals surface area contributed by atoms with E-state index in [-0.39, 0.29) is 0 Å². The summed E-state index contributed by atoms with van der Waals surface area (Å²) in [5.74, 6) is 0.942. The van der Waals surface area contributed by atoms with Gasteiger partial charge in [0.25, 0.3) is 0 Å². The van der Waals surface area contributed by atoms with Gasteiger partial charge in [0.05, 0.1) is 5.70 Å². The molecule has 1 fully saturated rings. The Morgan fingerprint density at radius 2 is 2.24 bits per heavy atom. The van der Waals surface area contributed by atoms with Crippen molar-refractivity contribution in [3.05, 3.63) is 18.0 Å². The van der Waals surface area contributed by atoms with Crippen LogP contribution in [0.4, 0.5) is 13.2 Å². The molecular weight excluding hydrogens is 229 g/mol. The summed E-state index contributed by atoms with van der Waals surface area (Å²) in [5, 5.41) is 0. The van der Waals surface area contributed by atoms with E-state index in [9.17, 15) is 13.2 Å². The summed E-state index contributed by atoms with van der Waals surface area (Å²) in [6.07, 6.45) is -2.79. The number of nitrogens with zero attached hydrogens (tertiary/aromatic N) is 2. The number of likely N-dealkylation sites (tertiary alicyclic amines) is 1. The molecule has 1 aliphatic rings. The summed E-state index contributed by atoms with van der Waals surface area (Å²) < 4.78 is 36.4. The molecule has 0 aromatic carbocycles. The molecular formula is C12H17F3N2. The second-order valence-corrected chi connectivity index (χ2v) is 4.36. The monoisotopic (exact) mass is 246 g/mol. The van der Waals surface area contributed by atoms with Crippen LogP contribution in [0.1, 0.15) is 26.7 Å². The van der Waals surface area contributed by atoms with Crippen LogP contribution in [0.25, 0.3) is 0 Å². The van der Waals surface area contributed by atoms with Gasteiger partial charge in [-0.15, -0.1) is 5.73 Å². The Labute approximate surface area is 99.5 Å². The summed E-state index contributed by atoms with van der Waals surface area (Å²) in [4.78, 5) is 5.45. The largest absolute Gasteiger partial charge is 0.408 e. The van der Waals surface area contributed by atoms with Gasteiger partial charge in [0.1, 0.15) is 12.4 Å². The Hall–Kier alpha value is -1.22. The fourth-order valence-electron chi connectivity index (χ4n) is 1.79. The number of alkyl halides is 3. The number of hydrogen-bond donors (Lipinski definition) is 0. The average Bonchev–Trinajstić information content (AvgIpc) is 2.25. The highest BCUT2D eigenvalue weighted by Crippen LogP contribution is 2.22. The smallest absolute Gasteiger partial charge is 0.327 e. The van der Waals surface area contributed by atoms with E-state index in [0.717, 1.165) is 12.1 Å². The molecule has 0 aliphatic carbocycles. The van der Waals surface area contributed by atoms with Crippen molar-refractivity contribution in [3.63, 3.8) is 0 Å². The highest BCUT2D eigenvalue weighted by Gasteiger charge is 2.29. The second-order valence-electron chi connectivity index (χ2n) is 4.36. The summed E-state index contributed by atoms with van der Waals surface area (Å²) in [7, 11) is 0. The number of rotatable bonds is 2. The molecule has 1 rings (SSSR count). The molecule has 0 radical (unpaired) electrons. The molecule has 0 bridgehead atoms. The van der Waals surface area contributed by atoms with Crippen LogP contribution >= 0.6 is 0 Å². The number of halogens is 3. The van der Waals surface area contributed by atoms with Gasteiger partial charge in [-0.2, -0.15) is 13.2 Å². The zero-order valence-corrected chi connectivity index (χ0v) is 10.1. The van der Waals surface area contributed by atoms with Crippen molar-refractivity contribution in [2.45, 2.75) is 32.9 Å². The number of amidine groups is 1. The number of hydrogen-bond acceptors (Lipinski definition) is 1. The van der Waals surface area contributed by atoms with Crippen molar-refractivity contribution in [1.29, 1.82) is 0 Å². The van der Waals surface area contributed by atoms with Crippen molar-refractivity contribution in [1.82, 2.24) is 4.90 Å². The molecule has 0 amide bonds. The van der Waals surface area contributed by atoms with Crippen LogP contribution in [0.5, 0.6) is 0 Å². The predicted octanol–water partition coefficient (Wildman–Crippen LogP) is 3.37. The minimum absolute atomic E-state index is 0.447. The van der Waals surface area contributed by atoms with E-state index < -0.39 is 12.7 Å². The first kappa shape index (κ1) is 13.8. The van der Waals surface area contributed by atoms with Gasteiger partial charge in [-0.05, 0) is 19.3 Å². The maximum atomic E-state index is 12.1. The molecule has 0 N–H and O–H groups in total. The van der Waals surface area contributed by atoms with E-state index in [1.807, 2.05) is 0 Å². The molecule has 1 atom stereocenters. The SMILES string of the molecule is C=C=C(C)N1C[C@@H](C)CC/C1=N/CC(F)(F)F. The number of allylic oxidation sites excluding steroid dienone is 1. The molecule has 1 saturated heterocycles. The van der Waals surface area contributed by atoms with E-state index in [1.165, 1.54) is 0 Å². The molecule has 2 nitrogen and oxygen atoms in total. The third kappa shape index (κ3) is 4.27. The molecule has 17 heavy (non-hydrogen) atoms. The van der Waals surface area contributed by atoms with E-state index >= 15 is 0 Å². The standard InChI is InChI=1S/C12H17F3N2/c1-4-10(3)17-7-9(2)5-6-11(17)16-8-12(13,14)15/h9H,1,5-8H2,2-3H3/b16-11-/t9-/m0/s1. The Morgan fingerprint density at radius 3 is 2.76 bits per heavy atom. The lowest BCUT2D eigenvalue weighted by atomic mass is 9.99. The topological polar surface area (TPSA) is 15.6 Å². The fraction of sp³-hybridized carbons (Fsp3) is 0.667. The molecule has 96 valence electrons. The third-order valence-corrected chi connectivity index (χ3v) is 2.77. The van der Waals surface area contributed by atoms with Gasteiger partial charge >= 0.3 is 6.18 Å². The lowest BCUT2D eigenvalue weighted by molar-refractivity contribution is -0.118. The van der Waals surface area contributed by atoms with Gasteiger partial charge in [0, 0.05) is 13.0 Å². The zero-order chi connectivity index (χ0) is 13.1. The maximum absolute atomic E-state index is 12.1. The number of piperidine rings is 1. The van der Waals surface area contributed by atoms with Crippen molar-refractivity contribution in [2.75, 3.05) is 13.1 Å². The first-order chi connectivity index (χ1) is 7.83. The van der Waals surface area contributed by atoms with Crippen molar-refractivity contribution >= 4 is 5.84 Å². The lowest BCUT2D eigenvalue weighted by Crippen LogP contribution is -2.38. The Morgan fingerprint density at radius 1 is 1.59 bits per heavy atom. The van der Waals surface area contributed by atoms with Gasteiger partial charge < -0.3 is 4.90 Å². The van der Waals surface area contributed by atoms with Crippen LogP contribution in [0.3, 0.4) is 0 Å². The second kappa shape index (κ2) is 5.41. The van der Waals surface area contributed by atoms with Crippen molar-refractivity contribution in [3.8, 4) is 0 Å². The van der Waals surface area contributed by atoms with E-state index in [1.54, 1.807) is 11.8 Å². The Kier molecular flexibility index (Phi) is 4.40. The quantitative estimate of drug-likeness (QED) is 0.682. The first-order valence-corrected chi connectivity index (χ1v) is 5.57. The van der Waals surface area contributed by atoms with Gasteiger partial charge in [-0.3, -0.25) is 4.99 Å². The molecule has 1 aliphatic heterocycles. The van der Waals surface area contributed by atoms with Crippen LogP contribution in [0, 0.1) is 5.92 Å². The van der Waals surface area contributed by atoms with E-state index in [2.05, 4.69) is 24.2 Å². The van der Waals surface area contributed by atoms with Crippen LogP contribution in [0.2, 0.25) is 0 Å². The van der Waals surface area contributed by atoms with Gasteiger partial charge in [0.15, 0.2) is 0 Å². The van der Waals surface area contributed by atoms with Crippen molar-refractivity contribution in [2.24, 2.45) is 10.9 Å². The van der Waals surface area contributed by atoms with E-state index in [0.29, 0.717) is 24.7 Å². The zero-order valence-electron chi connectivity index (χ0n) is 10.1. The normalized spacial score (nSPS) is 23.7. The lowest BCUT2D eigenvalue weighted by Gasteiger charge is -2.33. The third-order valence-electron chi connectivity index (χ3n) is 2.77. The molecule has 0 spiro atoms. The molecule has 0 saturated carbocycles. The average molecular weight is 246 g/mol. The molecule has 1 heterocycles. The highest BCUT2D eigenvalue weighted by atomic mass is 19.4. The van der Waals surface area contributed by atoms with Crippen LogP contribution < -0.4 is 0 Å². The summed E-state index contributed by atoms with van der Waals surface area (Å²) in [6.45, 7) is 6.95. The van der Waals surface area contributed by atoms with Crippen LogP contribution in [0.15, 0.2) is 23.0 Å². The highest BCUT2D eigenvalue weighted by molar-refractivity contribution is 5.84. The fourth-order valence-corrected chi connectivity index (χ4v) is 1.79. The maximum Gasteiger partial charge on any atom is 0.408 e. The van der Waals surface area contributed by atoms with Gasteiger partial charge in [-0.1, -0.05) is 13.5 Å². The predicted molar refractivity (Wildman–Crippen MR) is 61.8 cm³/mol.